The second-order valence-electron chi connectivity index (χ2n) is 6.04. The average molecular weight is 328 g/mol. The molecular weight excluding hydrogens is 312 g/mol. The predicted molar refractivity (Wildman–Crippen MR) is 87.6 cm³/mol. The summed E-state index contributed by atoms with van der Waals surface area (Å²) in [6.45, 7) is 0.888. The number of aromatic nitrogens is 2. The molecule has 0 unspecified atom stereocenters. The molecule has 4 heterocycles. The second-order valence-corrected chi connectivity index (χ2v) is 7.12. The van der Waals surface area contributed by atoms with E-state index in [0.717, 1.165) is 10.7 Å². The van der Waals surface area contributed by atoms with Gasteiger partial charge < -0.3 is 19.1 Å². The monoisotopic (exact) mass is 328 g/mol. The molecule has 1 N–H and O–H groups in total. The first-order chi connectivity index (χ1) is 11.3. The molecule has 5 rings (SSSR count). The maximum atomic E-state index is 9.92. The number of nitrogens with zero attached hydrogens (tertiary/aromatic N) is 2. The molecule has 2 aromatic heterocycles. The van der Waals surface area contributed by atoms with Crippen molar-refractivity contribution < 1.29 is 14.6 Å². The quantitative estimate of drug-likeness (QED) is 0.785. The lowest BCUT2D eigenvalue weighted by Gasteiger charge is -2.19. The van der Waals surface area contributed by atoms with E-state index in [0.29, 0.717) is 13.2 Å². The maximum absolute atomic E-state index is 9.92. The summed E-state index contributed by atoms with van der Waals surface area (Å²) in [5.41, 5.74) is 0. The fourth-order valence-electron chi connectivity index (χ4n) is 3.56. The molecule has 5 nitrogen and oxygen atoms in total. The van der Waals surface area contributed by atoms with Gasteiger partial charge in [-0.15, -0.1) is 11.3 Å². The van der Waals surface area contributed by atoms with Crippen molar-refractivity contribution in [3.8, 4) is 10.7 Å². The van der Waals surface area contributed by atoms with Crippen molar-refractivity contribution in [3.63, 3.8) is 0 Å². The molecule has 4 atom stereocenters. The predicted octanol–water partition coefficient (Wildman–Crippen LogP) is 2.46. The third kappa shape index (κ3) is 2.06. The van der Waals surface area contributed by atoms with Crippen LogP contribution in [0.1, 0.15) is 6.04 Å². The maximum Gasteiger partial charge on any atom is 0.150 e. The number of aliphatic hydroxyl groups is 1. The number of thiophene rings is 1. The molecule has 118 valence electrons. The Morgan fingerprint density at radius 3 is 2.96 bits per heavy atom. The fraction of sp³-hybridized carbons (Fsp3) is 0.353. The number of hydrogen-bond donors (Lipinski definition) is 1. The summed E-state index contributed by atoms with van der Waals surface area (Å²) in [6.07, 6.45) is 2.94. The van der Waals surface area contributed by atoms with Crippen molar-refractivity contribution in [1.29, 1.82) is 0 Å². The van der Waals surface area contributed by atoms with Crippen molar-refractivity contribution in [3.05, 3.63) is 42.7 Å². The van der Waals surface area contributed by atoms with Gasteiger partial charge in [0, 0.05) is 17.1 Å². The summed E-state index contributed by atoms with van der Waals surface area (Å²) in [4.78, 5) is 5.70. The van der Waals surface area contributed by atoms with Gasteiger partial charge >= 0.3 is 0 Å². The Hall–Kier alpha value is -1.73. The minimum absolute atomic E-state index is 0.0554. The summed E-state index contributed by atoms with van der Waals surface area (Å²) in [6, 6.07) is 10.6. The summed E-state index contributed by atoms with van der Waals surface area (Å²) < 4.78 is 14.9. The van der Waals surface area contributed by atoms with Gasteiger partial charge in [-0.3, -0.25) is 0 Å². The lowest BCUT2D eigenvalue weighted by Crippen LogP contribution is -2.30. The molecule has 2 aliphatic heterocycles. The summed E-state index contributed by atoms with van der Waals surface area (Å²) in [5, 5.41) is 11.2. The van der Waals surface area contributed by atoms with Crippen LogP contribution < -0.4 is 0 Å². The van der Waals surface area contributed by atoms with Crippen molar-refractivity contribution in [2.45, 2.75) is 24.4 Å². The van der Waals surface area contributed by atoms with Gasteiger partial charge in [0.05, 0.1) is 24.1 Å². The van der Waals surface area contributed by atoms with Gasteiger partial charge in [0.2, 0.25) is 0 Å². The molecular formula is C17H16N2O3S. The molecule has 0 saturated carbocycles. The summed E-state index contributed by atoms with van der Waals surface area (Å²) in [7, 11) is 0. The Kier molecular flexibility index (Phi) is 3.06. The van der Waals surface area contributed by atoms with Gasteiger partial charge in [0.25, 0.3) is 0 Å². The smallest absolute Gasteiger partial charge is 0.150 e. The zero-order chi connectivity index (χ0) is 15.4. The highest BCUT2D eigenvalue weighted by atomic mass is 32.1. The second kappa shape index (κ2) is 5.14. The third-order valence-electron chi connectivity index (χ3n) is 4.67. The van der Waals surface area contributed by atoms with E-state index in [9.17, 15) is 5.11 Å². The molecule has 0 radical (unpaired) electrons. The van der Waals surface area contributed by atoms with E-state index in [-0.39, 0.29) is 18.2 Å². The number of rotatable bonds is 2. The van der Waals surface area contributed by atoms with Crippen LogP contribution in [0.15, 0.2) is 42.7 Å². The van der Waals surface area contributed by atoms with Crippen LogP contribution >= 0.6 is 11.3 Å². The molecule has 2 aliphatic rings. The number of aliphatic hydroxyl groups excluding tert-OH is 1. The minimum Gasteiger partial charge on any atom is -0.388 e. The SMILES string of the molecule is O[C@@H]1CO[C@H]2[C@@H]1OC[C@H]2n1ccnc1-c1cc2ccccc2s1. The molecule has 0 bridgehead atoms. The molecule has 0 aliphatic carbocycles. The van der Waals surface area contributed by atoms with E-state index in [1.807, 2.05) is 12.4 Å². The standard InChI is InChI=1S/C17H16N2O3S/c20-12-9-22-15-11(8-21-16(12)15)19-6-5-18-17(19)14-7-10-3-1-2-4-13(10)23-14/h1-7,11-12,15-16,20H,8-9H2/t11-,12-,15-,16-/m1/s1. The lowest BCUT2D eigenvalue weighted by molar-refractivity contribution is 0.0172. The van der Waals surface area contributed by atoms with Gasteiger partial charge in [-0.2, -0.15) is 0 Å². The normalized spacial score (nSPS) is 30.1. The molecule has 3 aromatic rings. The highest BCUT2D eigenvalue weighted by molar-refractivity contribution is 7.22. The number of fused-ring (bicyclic) bond motifs is 2. The topological polar surface area (TPSA) is 56.5 Å². The van der Waals surface area contributed by atoms with Crippen LogP contribution in [0.25, 0.3) is 20.8 Å². The van der Waals surface area contributed by atoms with Gasteiger partial charge in [-0.05, 0) is 17.5 Å². The van der Waals surface area contributed by atoms with Crippen LogP contribution in [0.2, 0.25) is 0 Å². The average Bonchev–Trinajstić information content (AvgIpc) is 3.31. The van der Waals surface area contributed by atoms with Gasteiger partial charge in [0.1, 0.15) is 24.1 Å². The van der Waals surface area contributed by atoms with Crippen molar-refractivity contribution in [1.82, 2.24) is 9.55 Å². The highest BCUT2D eigenvalue weighted by Gasteiger charge is 2.48. The molecule has 1 aromatic carbocycles. The fourth-order valence-corrected chi connectivity index (χ4v) is 4.62. The van der Waals surface area contributed by atoms with E-state index in [4.69, 9.17) is 9.47 Å². The zero-order valence-electron chi connectivity index (χ0n) is 12.3. The first-order valence-electron chi connectivity index (χ1n) is 7.74. The van der Waals surface area contributed by atoms with Crippen LogP contribution in [0, 0.1) is 0 Å². The van der Waals surface area contributed by atoms with Crippen LogP contribution in [-0.4, -0.2) is 46.2 Å². The van der Waals surface area contributed by atoms with E-state index in [1.54, 1.807) is 11.3 Å². The zero-order valence-corrected chi connectivity index (χ0v) is 13.1. The molecule has 2 saturated heterocycles. The molecule has 0 amide bonds. The van der Waals surface area contributed by atoms with E-state index < -0.39 is 6.10 Å². The number of imidazole rings is 1. The van der Waals surface area contributed by atoms with Crippen molar-refractivity contribution >= 4 is 21.4 Å². The first kappa shape index (κ1) is 13.7. The largest absolute Gasteiger partial charge is 0.388 e. The van der Waals surface area contributed by atoms with Crippen LogP contribution in [0.4, 0.5) is 0 Å². The van der Waals surface area contributed by atoms with Gasteiger partial charge in [-0.25, -0.2) is 4.98 Å². The Morgan fingerprint density at radius 2 is 2.04 bits per heavy atom. The van der Waals surface area contributed by atoms with Crippen molar-refractivity contribution in [2.24, 2.45) is 0 Å². The lowest BCUT2D eigenvalue weighted by atomic mass is 10.1. The van der Waals surface area contributed by atoms with E-state index in [1.165, 1.54) is 10.1 Å². The molecule has 6 heteroatoms. The Balaban J connectivity index is 1.55. The Morgan fingerprint density at radius 1 is 1.17 bits per heavy atom. The third-order valence-corrected chi connectivity index (χ3v) is 5.79. The molecule has 0 spiro atoms. The molecule has 2 fully saturated rings. The highest BCUT2D eigenvalue weighted by Crippen LogP contribution is 2.38. The van der Waals surface area contributed by atoms with Crippen LogP contribution in [-0.2, 0) is 9.47 Å². The summed E-state index contributed by atoms with van der Waals surface area (Å²) >= 11 is 1.74. The van der Waals surface area contributed by atoms with Crippen LogP contribution in [0.5, 0.6) is 0 Å². The van der Waals surface area contributed by atoms with E-state index in [2.05, 4.69) is 39.9 Å². The Labute approximate surface area is 137 Å². The summed E-state index contributed by atoms with van der Waals surface area (Å²) in [5.74, 6) is 0.936. The number of benzene rings is 1. The van der Waals surface area contributed by atoms with Gasteiger partial charge in [-0.1, -0.05) is 18.2 Å². The minimum atomic E-state index is -0.527. The van der Waals surface area contributed by atoms with Crippen LogP contribution in [0.3, 0.4) is 0 Å². The Bertz CT molecular complexity index is 825. The number of hydrogen-bond acceptors (Lipinski definition) is 5. The first-order valence-corrected chi connectivity index (χ1v) is 8.56. The van der Waals surface area contributed by atoms with Crippen molar-refractivity contribution in [2.75, 3.05) is 13.2 Å². The number of ether oxygens (including phenoxy) is 2. The molecule has 23 heavy (non-hydrogen) atoms. The van der Waals surface area contributed by atoms with E-state index >= 15 is 0 Å². The van der Waals surface area contributed by atoms with Gasteiger partial charge in [0.15, 0.2) is 0 Å².